The Morgan fingerprint density at radius 2 is 1.91 bits per heavy atom. The van der Waals surface area contributed by atoms with Gasteiger partial charge in [0.15, 0.2) is 11.5 Å². The maximum Gasteiger partial charge on any atom is 0.335 e. The number of carbonyl (C=O) groups is 1. The number of halogens is 1. The summed E-state index contributed by atoms with van der Waals surface area (Å²) in [5, 5.41) is 13.3. The van der Waals surface area contributed by atoms with Crippen LogP contribution < -0.4 is 14.9 Å². The molecule has 0 aliphatic carbocycles. The van der Waals surface area contributed by atoms with E-state index >= 15 is 0 Å². The molecule has 0 amide bonds. The second-order valence-corrected chi connectivity index (χ2v) is 4.90. The lowest BCUT2D eigenvalue weighted by Crippen LogP contribution is -1.97. The van der Waals surface area contributed by atoms with Gasteiger partial charge < -0.3 is 14.6 Å². The van der Waals surface area contributed by atoms with Crippen LogP contribution in [-0.2, 0) is 0 Å². The zero-order valence-electron chi connectivity index (χ0n) is 12.5. The van der Waals surface area contributed by atoms with Crippen LogP contribution in [0.5, 0.6) is 11.5 Å². The summed E-state index contributed by atoms with van der Waals surface area (Å²) < 4.78 is 10.4. The molecule has 0 saturated carbocycles. The van der Waals surface area contributed by atoms with Crippen molar-refractivity contribution in [3.8, 4) is 11.5 Å². The Kier molecular flexibility index (Phi) is 5.43. The van der Waals surface area contributed by atoms with Crippen LogP contribution >= 0.6 is 11.6 Å². The van der Waals surface area contributed by atoms with Gasteiger partial charge in [0, 0.05) is 0 Å². The molecule has 0 aliphatic rings. The summed E-state index contributed by atoms with van der Waals surface area (Å²) in [6.45, 7) is 0. The van der Waals surface area contributed by atoms with E-state index in [0.717, 1.165) is 5.56 Å². The molecule has 2 aromatic rings. The number of nitrogens with zero attached hydrogens (tertiary/aromatic N) is 1. The molecule has 0 saturated heterocycles. The van der Waals surface area contributed by atoms with Crippen molar-refractivity contribution in [1.82, 2.24) is 0 Å². The largest absolute Gasteiger partial charge is 0.493 e. The SMILES string of the molecule is COc1cc(/C=N\Nc2ccc(C(=O)O)cc2)cc(Cl)c1OC. The maximum atomic E-state index is 10.8. The molecule has 0 spiro atoms. The van der Waals surface area contributed by atoms with E-state index in [4.69, 9.17) is 26.2 Å². The number of ether oxygens (including phenoxy) is 2. The van der Waals surface area contributed by atoms with Gasteiger partial charge in [0.25, 0.3) is 0 Å². The van der Waals surface area contributed by atoms with E-state index in [9.17, 15) is 4.79 Å². The highest BCUT2D eigenvalue weighted by molar-refractivity contribution is 6.32. The lowest BCUT2D eigenvalue weighted by Gasteiger charge is -2.10. The summed E-state index contributed by atoms with van der Waals surface area (Å²) >= 11 is 6.11. The van der Waals surface area contributed by atoms with Gasteiger partial charge in [-0.1, -0.05) is 11.6 Å². The average molecular weight is 335 g/mol. The van der Waals surface area contributed by atoms with E-state index in [0.29, 0.717) is 22.2 Å². The summed E-state index contributed by atoms with van der Waals surface area (Å²) in [6, 6.07) is 9.68. The number of nitrogens with one attached hydrogen (secondary N) is 1. The van der Waals surface area contributed by atoms with Gasteiger partial charge in [-0.3, -0.25) is 5.43 Å². The van der Waals surface area contributed by atoms with Crippen molar-refractivity contribution in [2.24, 2.45) is 5.10 Å². The van der Waals surface area contributed by atoms with Gasteiger partial charge >= 0.3 is 5.97 Å². The monoisotopic (exact) mass is 334 g/mol. The Morgan fingerprint density at radius 1 is 1.22 bits per heavy atom. The molecule has 0 fully saturated rings. The smallest absolute Gasteiger partial charge is 0.335 e. The first-order valence-corrected chi connectivity index (χ1v) is 6.97. The third-order valence-corrected chi connectivity index (χ3v) is 3.28. The molecular weight excluding hydrogens is 320 g/mol. The number of aromatic carboxylic acids is 1. The van der Waals surface area contributed by atoms with Crippen molar-refractivity contribution < 1.29 is 19.4 Å². The first-order valence-electron chi connectivity index (χ1n) is 6.59. The fraction of sp³-hybridized carbons (Fsp3) is 0.125. The zero-order valence-corrected chi connectivity index (χ0v) is 13.3. The number of anilines is 1. The highest BCUT2D eigenvalue weighted by Crippen LogP contribution is 2.35. The molecule has 2 N–H and O–H groups in total. The number of hydrogen-bond donors (Lipinski definition) is 2. The number of hydrogen-bond acceptors (Lipinski definition) is 5. The minimum Gasteiger partial charge on any atom is -0.493 e. The Balaban J connectivity index is 2.11. The van der Waals surface area contributed by atoms with Crippen molar-refractivity contribution in [3.05, 3.63) is 52.5 Å². The maximum absolute atomic E-state index is 10.8. The molecule has 120 valence electrons. The number of carboxylic acids is 1. The number of carboxylic acid groups (broad SMARTS) is 1. The van der Waals surface area contributed by atoms with Gasteiger partial charge in [-0.05, 0) is 42.0 Å². The van der Waals surface area contributed by atoms with E-state index < -0.39 is 5.97 Å². The number of methoxy groups -OCH3 is 2. The van der Waals surface area contributed by atoms with E-state index in [2.05, 4.69) is 10.5 Å². The summed E-state index contributed by atoms with van der Waals surface area (Å²) in [5.41, 5.74) is 4.41. The van der Waals surface area contributed by atoms with Crippen LogP contribution in [-0.4, -0.2) is 31.5 Å². The van der Waals surface area contributed by atoms with Crippen LogP contribution in [0.25, 0.3) is 0 Å². The van der Waals surface area contributed by atoms with Gasteiger partial charge in [0.05, 0.1) is 36.7 Å². The predicted molar refractivity (Wildman–Crippen MR) is 89.2 cm³/mol. The first kappa shape index (κ1) is 16.6. The van der Waals surface area contributed by atoms with Gasteiger partial charge in [-0.25, -0.2) is 4.79 Å². The van der Waals surface area contributed by atoms with E-state index in [1.165, 1.54) is 26.4 Å². The molecule has 2 rings (SSSR count). The fourth-order valence-corrected chi connectivity index (χ4v) is 2.18. The summed E-state index contributed by atoms with van der Waals surface area (Å²) in [5.74, 6) is -0.00387. The van der Waals surface area contributed by atoms with Crippen molar-refractivity contribution in [2.75, 3.05) is 19.6 Å². The molecule has 0 unspecified atom stereocenters. The lowest BCUT2D eigenvalue weighted by atomic mass is 10.2. The molecule has 6 nitrogen and oxygen atoms in total. The number of benzene rings is 2. The minimum atomic E-state index is -0.972. The minimum absolute atomic E-state index is 0.214. The summed E-state index contributed by atoms with van der Waals surface area (Å²) in [4.78, 5) is 10.8. The first-order chi connectivity index (χ1) is 11.0. The van der Waals surface area contributed by atoms with Crippen LogP contribution in [0.1, 0.15) is 15.9 Å². The molecule has 0 bridgehead atoms. The van der Waals surface area contributed by atoms with Crippen LogP contribution in [0.4, 0.5) is 5.69 Å². The molecule has 0 aromatic heterocycles. The molecule has 7 heteroatoms. The summed E-state index contributed by atoms with van der Waals surface area (Å²) in [6.07, 6.45) is 1.57. The molecule has 0 atom stereocenters. The number of hydrazone groups is 1. The predicted octanol–water partition coefficient (Wildman–Crippen LogP) is 3.50. The van der Waals surface area contributed by atoms with Gasteiger partial charge in [0.2, 0.25) is 0 Å². The van der Waals surface area contributed by atoms with Crippen molar-refractivity contribution in [2.45, 2.75) is 0 Å². The Morgan fingerprint density at radius 3 is 2.48 bits per heavy atom. The molecule has 0 radical (unpaired) electrons. The Hall–Kier alpha value is -2.73. The van der Waals surface area contributed by atoms with Crippen LogP contribution in [0.15, 0.2) is 41.5 Å². The van der Waals surface area contributed by atoms with Crippen LogP contribution in [0.3, 0.4) is 0 Å². The standard InChI is InChI=1S/C16H15ClN2O4/c1-22-14-8-10(7-13(17)15(14)23-2)9-18-19-12-5-3-11(4-6-12)16(20)21/h3-9,19H,1-2H3,(H,20,21)/b18-9-. The van der Waals surface area contributed by atoms with E-state index in [-0.39, 0.29) is 5.56 Å². The van der Waals surface area contributed by atoms with Crippen molar-refractivity contribution in [3.63, 3.8) is 0 Å². The third-order valence-electron chi connectivity index (χ3n) is 3.00. The van der Waals surface area contributed by atoms with E-state index in [1.54, 1.807) is 30.5 Å². The second kappa shape index (κ2) is 7.51. The molecular formula is C16H15ClN2O4. The Bertz CT molecular complexity index is 730. The van der Waals surface area contributed by atoms with Gasteiger partial charge in [0.1, 0.15) is 0 Å². The molecule has 0 aliphatic heterocycles. The highest BCUT2D eigenvalue weighted by atomic mass is 35.5. The molecule has 23 heavy (non-hydrogen) atoms. The van der Waals surface area contributed by atoms with Crippen molar-refractivity contribution in [1.29, 1.82) is 0 Å². The molecule has 2 aromatic carbocycles. The fourth-order valence-electron chi connectivity index (χ4n) is 1.88. The third kappa shape index (κ3) is 4.14. The van der Waals surface area contributed by atoms with Crippen LogP contribution in [0.2, 0.25) is 5.02 Å². The van der Waals surface area contributed by atoms with Crippen molar-refractivity contribution >= 4 is 29.5 Å². The van der Waals surface area contributed by atoms with Crippen LogP contribution in [0, 0.1) is 0 Å². The topological polar surface area (TPSA) is 80.2 Å². The normalized spacial score (nSPS) is 10.6. The Labute approximate surface area is 138 Å². The lowest BCUT2D eigenvalue weighted by molar-refractivity contribution is 0.0697. The highest BCUT2D eigenvalue weighted by Gasteiger charge is 2.09. The second-order valence-electron chi connectivity index (χ2n) is 4.49. The van der Waals surface area contributed by atoms with Gasteiger partial charge in [-0.15, -0.1) is 0 Å². The summed E-state index contributed by atoms with van der Waals surface area (Å²) in [7, 11) is 3.04. The van der Waals surface area contributed by atoms with E-state index in [1.807, 2.05) is 0 Å². The van der Waals surface area contributed by atoms with Gasteiger partial charge in [-0.2, -0.15) is 5.10 Å². The zero-order chi connectivity index (χ0) is 16.8. The number of rotatable bonds is 6. The average Bonchev–Trinajstić information content (AvgIpc) is 2.54. The molecule has 0 heterocycles. The quantitative estimate of drug-likeness (QED) is 0.624.